The van der Waals surface area contributed by atoms with E-state index in [0.29, 0.717) is 5.82 Å². The summed E-state index contributed by atoms with van der Waals surface area (Å²) in [4.78, 5) is 13.5. The van der Waals surface area contributed by atoms with Crippen molar-refractivity contribution < 1.29 is 4.79 Å². The van der Waals surface area contributed by atoms with Gasteiger partial charge in [-0.25, -0.2) is 0 Å². The topological polar surface area (TPSA) is 44.9 Å². The normalized spacial score (nSPS) is 9.30. The van der Waals surface area contributed by atoms with E-state index in [9.17, 15) is 4.79 Å². The van der Waals surface area contributed by atoms with Gasteiger partial charge in [0.05, 0.1) is 5.75 Å². The third kappa shape index (κ3) is 1.80. The van der Waals surface area contributed by atoms with Gasteiger partial charge in [0.25, 0.3) is 0 Å². The third-order valence-electron chi connectivity index (χ3n) is 1.02. The van der Waals surface area contributed by atoms with Gasteiger partial charge in [0.2, 0.25) is 5.91 Å². The second-order valence-corrected chi connectivity index (χ2v) is 2.11. The lowest BCUT2D eigenvalue weighted by molar-refractivity contribution is -0.113. The standard InChI is InChI=1S/C6H8N2OS/c9-6(4-10)8-5-2-1-3-7-5/h1-3,7,10H,4H2,(H,8,9). The van der Waals surface area contributed by atoms with Crippen LogP contribution in [0.4, 0.5) is 5.82 Å². The Morgan fingerprint density at radius 3 is 3.10 bits per heavy atom. The molecule has 0 aliphatic heterocycles. The number of aromatic nitrogens is 1. The third-order valence-corrected chi connectivity index (χ3v) is 1.30. The van der Waals surface area contributed by atoms with Crippen LogP contribution in [-0.2, 0) is 4.79 Å². The van der Waals surface area contributed by atoms with Crippen LogP contribution in [0.25, 0.3) is 0 Å². The molecule has 0 radical (unpaired) electrons. The minimum atomic E-state index is -0.106. The van der Waals surface area contributed by atoms with Crippen molar-refractivity contribution in [3.05, 3.63) is 18.3 Å². The maximum atomic E-state index is 10.7. The van der Waals surface area contributed by atoms with Crippen molar-refractivity contribution in [3.8, 4) is 0 Å². The zero-order valence-corrected chi connectivity index (χ0v) is 6.19. The molecule has 0 spiro atoms. The Kier molecular flexibility index (Phi) is 2.39. The molecule has 0 aromatic carbocycles. The Labute approximate surface area is 64.2 Å². The number of hydrogen-bond donors (Lipinski definition) is 3. The van der Waals surface area contributed by atoms with Gasteiger partial charge in [0.15, 0.2) is 0 Å². The largest absolute Gasteiger partial charge is 0.348 e. The molecule has 2 N–H and O–H groups in total. The lowest BCUT2D eigenvalue weighted by Gasteiger charge is -1.96. The minimum Gasteiger partial charge on any atom is -0.348 e. The Morgan fingerprint density at radius 1 is 1.80 bits per heavy atom. The second kappa shape index (κ2) is 3.31. The minimum absolute atomic E-state index is 0.106. The Balaban J connectivity index is 2.48. The molecular formula is C6H8N2OS. The van der Waals surface area contributed by atoms with E-state index in [1.54, 1.807) is 12.3 Å². The molecule has 1 amide bonds. The van der Waals surface area contributed by atoms with Crippen LogP contribution in [0.5, 0.6) is 0 Å². The molecular weight excluding hydrogens is 148 g/mol. The quantitative estimate of drug-likeness (QED) is 0.547. The summed E-state index contributed by atoms with van der Waals surface area (Å²) >= 11 is 3.80. The molecule has 0 bridgehead atoms. The first-order chi connectivity index (χ1) is 4.83. The molecule has 0 atom stereocenters. The molecule has 0 aliphatic rings. The number of rotatable bonds is 2. The second-order valence-electron chi connectivity index (χ2n) is 1.79. The van der Waals surface area contributed by atoms with Gasteiger partial charge in [-0.05, 0) is 12.1 Å². The van der Waals surface area contributed by atoms with E-state index in [2.05, 4.69) is 22.9 Å². The first-order valence-corrected chi connectivity index (χ1v) is 3.50. The summed E-state index contributed by atoms with van der Waals surface area (Å²) in [5, 5.41) is 2.60. The molecule has 0 aliphatic carbocycles. The van der Waals surface area contributed by atoms with Gasteiger partial charge in [-0.1, -0.05) is 0 Å². The maximum Gasteiger partial charge on any atom is 0.235 e. The van der Waals surface area contributed by atoms with Crippen molar-refractivity contribution in [2.75, 3.05) is 11.1 Å². The van der Waals surface area contributed by atoms with Crippen LogP contribution >= 0.6 is 12.6 Å². The van der Waals surface area contributed by atoms with Gasteiger partial charge in [0.1, 0.15) is 5.82 Å². The van der Waals surface area contributed by atoms with E-state index >= 15 is 0 Å². The SMILES string of the molecule is O=C(CS)Nc1ccc[nH]1. The molecule has 3 nitrogen and oxygen atoms in total. The molecule has 1 aromatic heterocycles. The number of nitrogens with one attached hydrogen (secondary N) is 2. The fourth-order valence-corrected chi connectivity index (χ4v) is 0.677. The summed E-state index contributed by atoms with van der Waals surface area (Å²) in [6.45, 7) is 0. The molecule has 0 saturated heterocycles. The summed E-state index contributed by atoms with van der Waals surface area (Å²) in [5.41, 5.74) is 0. The monoisotopic (exact) mass is 156 g/mol. The van der Waals surface area contributed by atoms with Crippen LogP contribution < -0.4 is 5.32 Å². The number of hydrogen-bond acceptors (Lipinski definition) is 2. The molecule has 10 heavy (non-hydrogen) atoms. The van der Waals surface area contributed by atoms with Crippen LogP contribution in [0.2, 0.25) is 0 Å². The predicted octanol–water partition coefficient (Wildman–Crippen LogP) is 0.883. The van der Waals surface area contributed by atoms with Crippen molar-refractivity contribution >= 4 is 24.4 Å². The number of amides is 1. The number of carbonyl (C=O) groups is 1. The van der Waals surface area contributed by atoms with Gasteiger partial charge in [-0.2, -0.15) is 12.6 Å². The van der Waals surface area contributed by atoms with Crippen molar-refractivity contribution in [1.82, 2.24) is 4.98 Å². The summed E-state index contributed by atoms with van der Waals surface area (Å²) < 4.78 is 0. The highest BCUT2D eigenvalue weighted by Gasteiger charge is 1.96. The smallest absolute Gasteiger partial charge is 0.235 e. The summed E-state index contributed by atoms with van der Waals surface area (Å²) in [6.07, 6.45) is 1.74. The van der Waals surface area contributed by atoms with Gasteiger partial charge >= 0.3 is 0 Å². The van der Waals surface area contributed by atoms with Crippen molar-refractivity contribution in [2.45, 2.75) is 0 Å². The van der Waals surface area contributed by atoms with Crippen LogP contribution in [0.1, 0.15) is 0 Å². The van der Waals surface area contributed by atoms with Crippen LogP contribution in [0.3, 0.4) is 0 Å². The Bertz CT molecular complexity index is 208. The highest BCUT2D eigenvalue weighted by molar-refractivity contribution is 7.81. The average Bonchev–Trinajstić information content (AvgIpc) is 2.40. The zero-order valence-electron chi connectivity index (χ0n) is 5.29. The van der Waals surface area contributed by atoms with E-state index in [-0.39, 0.29) is 11.7 Å². The van der Waals surface area contributed by atoms with Crippen molar-refractivity contribution in [3.63, 3.8) is 0 Å². The number of thiol groups is 1. The fraction of sp³-hybridized carbons (Fsp3) is 0.167. The van der Waals surface area contributed by atoms with Crippen molar-refractivity contribution in [1.29, 1.82) is 0 Å². The lowest BCUT2D eigenvalue weighted by Crippen LogP contribution is -2.12. The van der Waals surface area contributed by atoms with E-state index in [0.717, 1.165) is 0 Å². The van der Waals surface area contributed by atoms with Gasteiger partial charge < -0.3 is 10.3 Å². The molecule has 54 valence electrons. The summed E-state index contributed by atoms with van der Waals surface area (Å²) in [7, 11) is 0. The van der Waals surface area contributed by atoms with Gasteiger partial charge in [-0.3, -0.25) is 4.79 Å². The first kappa shape index (κ1) is 7.21. The van der Waals surface area contributed by atoms with Crippen molar-refractivity contribution in [2.24, 2.45) is 0 Å². The predicted molar refractivity (Wildman–Crippen MR) is 43.3 cm³/mol. The van der Waals surface area contributed by atoms with Gasteiger partial charge in [0, 0.05) is 6.20 Å². The molecule has 1 rings (SSSR count). The van der Waals surface area contributed by atoms with E-state index < -0.39 is 0 Å². The average molecular weight is 156 g/mol. The lowest BCUT2D eigenvalue weighted by atomic mass is 10.6. The molecule has 0 fully saturated rings. The molecule has 0 unspecified atom stereocenters. The highest BCUT2D eigenvalue weighted by Crippen LogP contribution is 2.00. The number of H-pyrrole nitrogens is 1. The zero-order chi connectivity index (χ0) is 7.40. The van der Waals surface area contributed by atoms with E-state index in [4.69, 9.17) is 0 Å². The highest BCUT2D eigenvalue weighted by atomic mass is 32.1. The number of anilines is 1. The van der Waals surface area contributed by atoms with E-state index in [1.807, 2.05) is 6.07 Å². The van der Waals surface area contributed by atoms with Crippen LogP contribution in [0, 0.1) is 0 Å². The molecule has 1 aromatic rings. The van der Waals surface area contributed by atoms with Gasteiger partial charge in [-0.15, -0.1) is 0 Å². The molecule has 4 heteroatoms. The Morgan fingerprint density at radius 2 is 2.60 bits per heavy atom. The maximum absolute atomic E-state index is 10.7. The molecule has 0 saturated carbocycles. The Hall–Kier alpha value is -0.900. The molecule has 1 heterocycles. The van der Waals surface area contributed by atoms with Crippen LogP contribution in [0.15, 0.2) is 18.3 Å². The fourth-order valence-electron chi connectivity index (χ4n) is 0.598. The number of carbonyl (C=O) groups excluding carboxylic acids is 1. The summed E-state index contributed by atoms with van der Waals surface area (Å²) in [5.74, 6) is 0.809. The first-order valence-electron chi connectivity index (χ1n) is 2.87. The van der Waals surface area contributed by atoms with E-state index in [1.165, 1.54) is 0 Å². The van der Waals surface area contributed by atoms with Crippen LogP contribution in [-0.4, -0.2) is 16.6 Å². The summed E-state index contributed by atoms with van der Waals surface area (Å²) in [6, 6.07) is 3.59. The number of aromatic amines is 1.